The van der Waals surface area contributed by atoms with Gasteiger partial charge < -0.3 is 14.9 Å². The van der Waals surface area contributed by atoms with Gasteiger partial charge in [-0.05, 0) is 33.2 Å². The summed E-state index contributed by atoms with van der Waals surface area (Å²) < 4.78 is 4.90. The first-order valence-electron chi connectivity index (χ1n) is 6.71. The number of aryl methyl sites for hydroxylation is 1. The summed E-state index contributed by atoms with van der Waals surface area (Å²) in [6.07, 6.45) is 2.70. The highest BCUT2D eigenvalue weighted by Crippen LogP contribution is 2.19. The molecule has 0 bridgehead atoms. The Hall–Kier alpha value is -1.40. The fourth-order valence-corrected chi connectivity index (χ4v) is 2.55. The number of anilines is 1. The molecule has 0 radical (unpaired) electrons. The maximum Gasteiger partial charge on any atom is 0.239 e. The van der Waals surface area contributed by atoms with Crippen molar-refractivity contribution in [3.8, 4) is 0 Å². The molecule has 1 amide bonds. The van der Waals surface area contributed by atoms with Crippen LogP contribution >= 0.6 is 0 Å². The second kappa shape index (κ2) is 6.16. The lowest BCUT2D eigenvalue weighted by atomic mass is 9.98. The summed E-state index contributed by atoms with van der Waals surface area (Å²) in [5.74, 6) is 0.976. The standard InChI is InChI=1S/C13H21N3O3/c1-9-7-12(15-19-9)14-13(18)8-16-6-4-3-5-11(16)10(2)17/h7,10-11,17H,3-6,8H2,1-2H3,(H,14,15,18). The molecule has 1 aliphatic rings. The van der Waals surface area contributed by atoms with Crippen LogP contribution in [-0.4, -0.2) is 46.3 Å². The zero-order chi connectivity index (χ0) is 13.8. The van der Waals surface area contributed by atoms with Crippen LogP contribution in [0.5, 0.6) is 0 Å². The first kappa shape index (κ1) is 14.0. The van der Waals surface area contributed by atoms with E-state index in [9.17, 15) is 9.90 Å². The molecule has 0 aromatic carbocycles. The maximum absolute atomic E-state index is 11.9. The van der Waals surface area contributed by atoms with Gasteiger partial charge in [0.05, 0.1) is 12.6 Å². The molecule has 2 heterocycles. The number of amides is 1. The highest BCUT2D eigenvalue weighted by atomic mass is 16.5. The number of hydrogen-bond donors (Lipinski definition) is 2. The fraction of sp³-hybridized carbons (Fsp3) is 0.692. The zero-order valence-corrected chi connectivity index (χ0v) is 11.4. The van der Waals surface area contributed by atoms with Crippen LogP contribution in [0.15, 0.2) is 10.6 Å². The Morgan fingerprint density at radius 2 is 2.47 bits per heavy atom. The molecule has 6 heteroatoms. The summed E-state index contributed by atoms with van der Waals surface area (Å²) in [4.78, 5) is 14.0. The molecule has 19 heavy (non-hydrogen) atoms. The van der Waals surface area contributed by atoms with Gasteiger partial charge in [-0.25, -0.2) is 0 Å². The van der Waals surface area contributed by atoms with E-state index in [-0.39, 0.29) is 18.5 Å². The van der Waals surface area contributed by atoms with Crippen molar-refractivity contribution in [2.24, 2.45) is 0 Å². The van der Waals surface area contributed by atoms with Crippen LogP contribution in [0.1, 0.15) is 31.9 Å². The highest BCUT2D eigenvalue weighted by Gasteiger charge is 2.27. The second-order valence-electron chi connectivity index (χ2n) is 5.15. The lowest BCUT2D eigenvalue weighted by Gasteiger charge is -2.36. The van der Waals surface area contributed by atoms with Crippen molar-refractivity contribution >= 4 is 11.7 Å². The van der Waals surface area contributed by atoms with Crippen LogP contribution in [-0.2, 0) is 4.79 Å². The minimum Gasteiger partial charge on any atom is -0.392 e. The quantitative estimate of drug-likeness (QED) is 0.855. The van der Waals surface area contributed by atoms with Gasteiger partial charge in [-0.2, -0.15) is 0 Å². The SMILES string of the molecule is Cc1cc(NC(=O)CN2CCCCC2C(C)O)no1. The topological polar surface area (TPSA) is 78.6 Å². The third-order valence-electron chi connectivity index (χ3n) is 3.46. The predicted octanol–water partition coefficient (Wildman–Crippen LogP) is 1.16. The average molecular weight is 267 g/mol. The average Bonchev–Trinajstić information content (AvgIpc) is 2.75. The number of aliphatic hydroxyl groups excluding tert-OH is 1. The van der Waals surface area contributed by atoms with Gasteiger partial charge in [-0.15, -0.1) is 0 Å². The van der Waals surface area contributed by atoms with E-state index in [1.165, 1.54) is 0 Å². The minimum atomic E-state index is -0.414. The molecule has 1 aromatic rings. The number of piperidine rings is 1. The number of nitrogens with one attached hydrogen (secondary N) is 1. The lowest BCUT2D eigenvalue weighted by molar-refractivity contribution is -0.118. The van der Waals surface area contributed by atoms with Crippen molar-refractivity contribution in [2.45, 2.75) is 45.3 Å². The maximum atomic E-state index is 11.9. The Labute approximate surface area is 112 Å². The molecule has 0 aliphatic carbocycles. The number of carbonyl (C=O) groups is 1. The Morgan fingerprint density at radius 1 is 1.68 bits per heavy atom. The number of nitrogens with zero attached hydrogens (tertiary/aromatic N) is 2. The van der Waals surface area contributed by atoms with Gasteiger partial charge in [0.2, 0.25) is 5.91 Å². The van der Waals surface area contributed by atoms with E-state index in [0.717, 1.165) is 25.8 Å². The molecule has 1 fully saturated rings. The van der Waals surface area contributed by atoms with Crippen LogP contribution in [0.4, 0.5) is 5.82 Å². The minimum absolute atomic E-state index is 0.0681. The summed E-state index contributed by atoms with van der Waals surface area (Å²) in [6.45, 7) is 4.68. The van der Waals surface area contributed by atoms with Gasteiger partial charge in [0, 0.05) is 12.1 Å². The van der Waals surface area contributed by atoms with Crippen LogP contribution < -0.4 is 5.32 Å². The van der Waals surface area contributed by atoms with E-state index in [4.69, 9.17) is 4.52 Å². The molecule has 106 valence electrons. The number of aliphatic hydroxyl groups is 1. The largest absolute Gasteiger partial charge is 0.392 e. The number of rotatable bonds is 4. The normalized spacial score (nSPS) is 22.2. The molecule has 6 nitrogen and oxygen atoms in total. The van der Waals surface area contributed by atoms with E-state index in [1.54, 1.807) is 19.9 Å². The molecule has 0 spiro atoms. The van der Waals surface area contributed by atoms with Gasteiger partial charge in [0.15, 0.2) is 5.82 Å². The number of hydrogen-bond acceptors (Lipinski definition) is 5. The van der Waals surface area contributed by atoms with Crippen molar-refractivity contribution in [1.29, 1.82) is 0 Å². The Kier molecular flexibility index (Phi) is 4.55. The molecule has 2 rings (SSSR count). The van der Waals surface area contributed by atoms with Gasteiger partial charge >= 0.3 is 0 Å². The Morgan fingerprint density at radius 3 is 3.11 bits per heavy atom. The lowest BCUT2D eigenvalue weighted by Crippen LogP contribution is -2.48. The summed E-state index contributed by atoms with van der Waals surface area (Å²) in [5.41, 5.74) is 0. The first-order valence-corrected chi connectivity index (χ1v) is 6.71. The van der Waals surface area contributed by atoms with Gasteiger partial charge in [0.1, 0.15) is 5.76 Å². The van der Waals surface area contributed by atoms with Crippen molar-refractivity contribution in [2.75, 3.05) is 18.4 Å². The van der Waals surface area contributed by atoms with E-state index >= 15 is 0 Å². The van der Waals surface area contributed by atoms with Crippen LogP contribution in [0.3, 0.4) is 0 Å². The molecule has 1 aromatic heterocycles. The first-order chi connectivity index (χ1) is 9.06. The van der Waals surface area contributed by atoms with E-state index in [0.29, 0.717) is 11.6 Å². The van der Waals surface area contributed by atoms with Crippen molar-refractivity contribution < 1.29 is 14.4 Å². The van der Waals surface area contributed by atoms with Gasteiger partial charge in [-0.3, -0.25) is 9.69 Å². The monoisotopic (exact) mass is 267 g/mol. The van der Waals surface area contributed by atoms with Crippen LogP contribution in [0.2, 0.25) is 0 Å². The number of likely N-dealkylation sites (tertiary alicyclic amines) is 1. The summed E-state index contributed by atoms with van der Waals surface area (Å²) in [7, 11) is 0. The zero-order valence-electron chi connectivity index (χ0n) is 11.4. The van der Waals surface area contributed by atoms with E-state index in [1.807, 2.05) is 4.90 Å². The van der Waals surface area contributed by atoms with Gasteiger partial charge in [-0.1, -0.05) is 11.6 Å². The van der Waals surface area contributed by atoms with Crippen molar-refractivity contribution in [1.82, 2.24) is 10.1 Å². The molecule has 1 saturated heterocycles. The second-order valence-corrected chi connectivity index (χ2v) is 5.15. The van der Waals surface area contributed by atoms with Crippen molar-refractivity contribution in [3.63, 3.8) is 0 Å². The Bertz CT molecular complexity index is 431. The Balaban J connectivity index is 1.89. The molecular weight excluding hydrogens is 246 g/mol. The fourth-order valence-electron chi connectivity index (χ4n) is 2.55. The van der Waals surface area contributed by atoms with Crippen molar-refractivity contribution in [3.05, 3.63) is 11.8 Å². The summed E-state index contributed by atoms with van der Waals surface area (Å²) >= 11 is 0. The van der Waals surface area contributed by atoms with Crippen LogP contribution in [0, 0.1) is 6.92 Å². The third kappa shape index (κ3) is 3.78. The van der Waals surface area contributed by atoms with E-state index < -0.39 is 6.10 Å². The summed E-state index contributed by atoms with van der Waals surface area (Å²) in [6, 6.07) is 1.75. The molecule has 2 unspecified atom stereocenters. The third-order valence-corrected chi connectivity index (χ3v) is 3.46. The summed E-state index contributed by atoms with van der Waals surface area (Å²) in [5, 5.41) is 16.2. The highest BCUT2D eigenvalue weighted by molar-refractivity contribution is 5.91. The number of aromatic nitrogens is 1. The molecule has 2 atom stereocenters. The molecule has 1 aliphatic heterocycles. The van der Waals surface area contributed by atoms with E-state index in [2.05, 4.69) is 10.5 Å². The molecule has 0 saturated carbocycles. The van der Waals surface area contributed by atoms with Crippen LogP contribution in [0.25, 0.3) is 0 Å². The van der Waals surface area contributed by atoms with Gasteiger partial charge in [0.25, 0.3) is 0 Å². The smallest absolute Gasteiger partial charge is 0.239 e. The number of carbonyl (C=O) groups excluding carboxylic acids is 1. The molecular formula is C13H21N3O3. The molecule has 2 N–H and O–H groups in total. The predicted molar refractivity (Wildman–Crippen MR) is 70.8 cm³/mol.